The second-order valence-corrected chi connectivity index (χ2v) is 8.98. The fourth-order valence-corrected chi connectivity index (χ4v) is 5.54. The van der Waals surface area contributed by atoms with Crippen LogP contribution in [0.1, 0.15) is 80.1 Å². The molecule has 0 radical (unpaired) electrons. The highest BCUT2D eigenvalue weighted by molar-refractivity contribution is 4.91. The SMILES string of the molecule is CC(C)[C@@H]1CC[C@@H](C)C[C@@H]1[C@H]1C[C@H](C)CC[C@H]1C(C)C. The summed E-state index contributed by atoms with van der Waals surface area (Å²) < 4.78 is 0. The standard InChI is InChI=1S/C20H38/c1-13(2)17-9-7-15(5)11-19(17)20-12-16(6)8-10-18(20)14(3)4/h13-20H,7-12H2,1-6H3/t15-,16-,17+,18+,19+,20+/m1/s1. The van der Waals surface area contributed by atoms with Gasteiger partial charge in [-0.1, -0.05) is 54.4 Å². The molecular formula is C20H38. The van der Waals surface area contributed by atoms with Crippen LogP contribution in [0.5, 0.6) is 0 Å². The van der Waals surface area contributed by atoms with Gasteiger partial charge in [-0.3, -0.25) is 0 Å². The Labute approximate surface area is 128 Å². The first kappa shape index (κ1) is 16.4. The molecule has 0 heteroatoms. The topological polar surface area (TPSA) is 0 Å². The van der Waals surface area contributed by atoms with Crippen LogP contribution in [0.25, 0.3) is 0 Å². The lowest BCUT2D eigenvalue weighted by molar-refractivity contribution is 0.0121. The maximum Gasteiger partial charge on any atom is -0.0350 e. The van der Waals surface area contributed by atoms with Crippen molar-refractivity contribution >= 4 is 0 Å². The summed E-state index contributed by atoms with van der Waals surface area (Å²) in [6.07, 6.45) is 8.99. The first-order valence-corrected chi connectivity index (χ1v) is 9.40. The molecule has 0 bridgehead atoms. The van der Waals surface area contributed by atoms with Crippen molar-refractivity contribution in [2.45, 2.75) is 80.1 Å². The maximum atomic E-state index is 2.50. The van der Waals surface area contributed by atoms with Crippen molar-refractivity contribution in [1.82, 2.24) is 0 Å². The molecule has 0 heterocycles. The molecule has 0 aromatic rings. The lowest BCUT2D eigenvalue weighted by Gasteiger charge is -2.48. The quantitative estimate of drug-likeness (QED) is 0.560. The molecule has 0 nitrogen and oxygen atoms in total. The van der Waals surface area contributed by atoms with Crippen LogP contribution in [-0.2, 0) is 0 Å². The van der Waals surface area contributed by atoms with E-state index >= 15 is 0 Å². The molecule has 2 fully saturated rings. The average Bonchev–Trinajstić information content (AvgIpc) is 2.37. The smallest absolute Gasteiger partial charge is 0.0350 e. The largest absolute Gasteiger partial charge is 0.0625 e. The van der Waals surface area contributed by atoms with E-state index in [0.29, 0.717) is 0 Å². The van der Waals surface area contributed by atoms with Crippen LogP contribution in [0.3, 0.4) is 0 Å². The summed E-state index contributed by atoms with van der Waals surface area (Å²) in [5, 5.41) is 0. The van der Waals surface area contributed by atoms with Crippen molar-refractivity contribution in [3.8, 4) is 0 Å². The number of hydrogen-bond donors (Lipinski definition) is 0. The van der Waals surface area contributed by atoms with Gasteiger partial charge in [-0.15, -0.1) is 0 Å². The van der Waals surface area contributed by atoms with Crippen LogP contribution in [-0.4, -0.2) is 0 Å². The van der Waals surface area contributed by atoms with E-state index in [2.05, 4.69) is 41.5 Å². The Hall–Kier alpha value is 0. The molecule has 0 N–H and O–H groups in total. The van der Waals surface area contributed by atoms with E-state index in [1.165, 1.54) is 38.5 Å². The highest BCUT2D eigenvalue weighted by Crippen LogP contribution is 2.50. The summed E-state index contributed by atoms with van der Waals surface area (Å²) in [6.45, 7) is 14.9. The van der Waals surface area contributed by atoms with Gasteiger partial charge in [0.2, 0.25) is 0 Å². The van der Waals surface area contributed by atoms with E-state index in [9.17, 15) is 0 Å². The van der Waals surface area contributed by atoms with E-state index in [1.54, 1.807) is 0 Å². The van der Waals surface area contributed by atoms with E-state index in [0.717, 1.165) is 47.3 Å². The van der Waals surface area contributed by atoms with Gasteiger partial charge < -0.3 is 0 Å². The molecule has 2 aliphatic rings. The van der Waals surface area contributed by atoms with Crippen LogP contribution in [0.15, 0.2) is 0 Å². The molecule has 0 aromatic heterocycles. The van der Waals surface area contributed by atoms with Gasteiger partial charge in [0.15, 0.2) is 0 Å². The minimum Gasteiger partial charge on any atom is -0.0625 e. The maximum absolute atomic E-state index is 2.50. The van der Waals surface area contributed by atoms with Crippen LogP contribution in [0, 0.1) is 47.3 Å². The van der Waals surface area contributed by atoms with Crippen molar-refractivity contribution in [3.63, 3.8) is 0 Å². The summed E-state index contributed by atoms with van der Waals surface area (Å²) in [7, 11) is 0. The Kier molecular flexibility index (Phi) is 5.60. The zero-order chi connectivity index (χ0) is 14.9. The third kappa shape index (κ3) is 3.60. The predicted octanol–water partition coefficient (Wildman–Crippen LogP) is 6.40. The molecule has 20 heavy (non-hydrogen) atoms. The fraction of sp³-hybridized carbons (Fsp3) is 1.00. The van der Waals surface area contributed by atoms with Gasteiger partial charge in [0.25, 0.3) is 0 Å². The third-order valence-electron chi connectivity index (χ3n) is 6.70. The third-order valence-corrected chi connectivity index (χ3v) is 6.70. The van der Waals surface area contributed by atoms with Gasteiger partial charge in [0, 0.05) is 0 Å². The molecule has 0 aromatic carbocycles. The van der Waals surface area contributed by atoms with Crippen LogP contribution < -0.4 is 0 Å². The molecule has 118 valence electrons. The van der Waals surface area contributed by atoms with E-state index in [1.807, 2.05) is 0 Å². The lowest BCUT2D eigenvalue weighted by atomic mass is 9.57. The minimum atomic E-state index is 0.887. The van der Waals surface area contributed by atoms with Crippen molar-refractivity contribution < 1.29 is 0 Å². The molecule has 0 amide bonds. The molecule has 0 aliphatic heterocycles. The highest BCUT2D eigenvalue weighted by Gasteiger charge is 2.41. The first-order valence-electron chi connectivity index (χ1n) is 9.40. The van der Waals surface area contributed by atoms with Gasteiger partial charge in [-0.25, -0.2) is 0 Å². The Balaban J connectivity index is 2.18. The van der Waals surface area contributed by atoms with Crippen molar-refractivity contribution in [1.29, 1.82) is 0 Å². The highest BCUT2D eigenvalue weighted by atomic mass is 14.5. The van der Waals surface area contributed by atoms with Gasteiger partial charge in [0.1, 0.15) is 0 Å². The van der Waals surface area contributed by atoms with Crippen LogP contribution in [0.2, 0.25) is 0 Å². The Morgan fingerprint density at radius 1 is 0.600 bits per heavy atom. The number of rotatable bonds is 3. The number of hydrogen-bond acceptors (Lipinski definition) is 0. The summed E-state index contributed by atoms with van der Waals surface area (Å²) in [5.74, 6) is 7.77. The zero-order valence-corrected chi connectivity index (χ0v) is 14.9. The lowest BCUT2D eigenvalue weighted by Crippen LogP contribution is -2.40. The summed E-state index contributed by atoms with van der Waals surface area (Å²) in [5.41, 5.74) is 0. The molecule has 6 atom stereocenters. The molecule has 0 saturated heterocycles. The first-order chi connectivity index (χ1) is 9.40. The molecular weight excluding hydrogens is 240 g/mol. The monoisotopic (exact) mass is 278 g/mol. The molecule has 0 unspecified atom stereocenters. The average molecular weight is 279 g/mol. The summed E-state index contributed by atoms with van der Waals surface area (Å²) >= 11 is 0. The van der Waals surface area contributed by atoms with Gasteiger partial charge in [-0.05, 0) is 73.0 Å². The zero-order valence-electron chi connectivity index (χ0n) is 14.9. The molecule has 2 saturated carbocycles. The molecule has 2 aliphatic carbocycles. The Bertz CT molecular complexity index is 260. The van der Waals surface area contributed by atoms with Crippen LogP contribution >= 0.6 is 0 Å². The summed E-state index contributed by atoms with van der Waals surface area (Å²) in [6, 6.07) is 0. The predicted molar refractivity (Wildman–Crippen MR) is 89.7 cm³/mol. The second kappa shape index (κ2) is 6.84. The van der Waals surface area contributed by atoms with Crippen LogP contribution in [0.4, 0.5) is 0 Å². The minimum absolute atomic E-state index is 0.887. The van der Waals surface area contributed by atoms with E-state index < -0.39 is 0 Å². The molecule has 2 rings (SSSR count). The second-order valence-electron chi connectivity index (χ2n) is 8.98. The normalized spacial score (nSPS) is 43.2. The van der Waals surface area contributed by atoms with E-state index in [4.69, 9.17) is 0 Å². The van der Waals surface area contributed by atoms with Crippen molar-refractivity contribution in [3.05, 3.63) is 0 Å². The Morgan fingerprint density at radius 2 is 0.950 bits per heavy atom. The van der Waals surface area contributed by atoms with Gasteiger partial charge in [-0.2, -0.15) is 0 Å². The summed E-state index contributed by atoms with van der Waals surface area (Å²) in [4.78, 5) is 0. The van der Waals surface area contributed by atoms with Crippen molar-refractivity contribution in [2.75, 3.05) is 0 Å². The Morgan fingerprint density at radius 3 is 1.25 bits per heavy atom. The van der Waals surface area contributed by atoms with E-state index in [-0.39, 0.29) is 0 Å². The molecule has 0 spiro atoms. The van der Waals surface area contributed by atoms with Gasteiger partial charge in [0.05, 0.1) is 0 Å². The fourth-order valence-electron chi connectivity index (χ4n) is 5.54. The van der Waals surface area contributed by atoms with Gasteiger partial charge >= 0.3 is 0 Å². The van der Waals surface area contributed by atoms with Crippen molar-refractivity contribution in [2.24, 2.45) is 47.3 Å².